The largest absolute Gasteiger partial charge is 0.339 e. The number of likely N-dealkylation sites (tertiary alicyclic amines) is 1. The number of hydrogen-bond donors (Lipinski definition) is 1. The van der Waals surface area contributed by atoms with Gasteiger partial charge in [-0.3, -0.25) is 9.69 Å². The van der Waals surface area contributed by atoms with Gasteiger partial charge in [-0.15, -0.1) is 0 Å². The Kier molecular flexibility index (Phi) is 4.40. The standard InChI is InChI=1S/C13H25N3O/c1-3-11-6-4-5-7-16(11)13(17)10-15(2)12-8-14-9-12/h11-12,14H,3-10H2,1-2H3. The number of nitrogens with one attached hydrogen (secondary N) is 1. The molecule has 0 aromatic heterocycles. The molecule has 0 bridgehead atoms. The maximum atomic E-state index is 12.3. The molecule has 4 heteroatoms. The van der Waals surface area contributed by atoms with E-state index in [1.54, 1.807) is 0 Å². The Morgan fingerprint density at radius 2 is 2.18 bits per heavy atom. The number of piperidine rings is 1. The van der Waals surface area contributed by atoms with E-state index < -0.39 is 0 Å². The van der Waals surface area contributed by atoms with E-state index in [1.807, 2.05) is 0 Å². The minimum atomic E-state index is 0.325. The van der Waals surface area contributed by atoms with Crippen molar-refractivity contribution < 1.29 is 4.79 Å². The molecule has 1 unspecified atom stereocenters. The SMILES string of the molecule is CCC1CCCCN1C(=O)CN(C)C1CNC1. The minimum Gasteiger partial charge on any atom is -0.339 e. The zero-order chi connectivity index (χ0) is 12.3. The third-order valence-electron chi connectivity index (χ3n) is 4.19. The average Bonchev–Trinajstić information content (AvgIpc) is 2.26. The molecule has 2 aliphatic heterocycles. The van der Waals surface area contributed by atoms with Crippen molar-refractivity contribution in [3.05, 3.63) is 0 Å². The molecule has 17 heavy (non-hydrogen) atoms. The van der Waals surface area contributed by atoms with Crippen LogP contribution in [0.5, 0.6) is 0 Å². The first-order valence-corrected chi connectivity index (χ1v) is 6.92. The molecule has 2 saturated heterocycles. The molecule has 2 heterocycles. The molecular weight excluding hydrogens is 214 g/mol. The Bertz CT molecular complexity index is 265. The molecule has 1 N–H and O–H groups in total. The Hall–Kier alpha value is -0.610. The van der Waals surface area contributed by atoms with Crippen molar-refractivity contribution in [3.8, 4) is 0 Å². The molecule has 0 saturated carbocycles. The normalized spacial score (nSPS) is 26.1. The Morgan fingerprint density at radius 1 is 1.41 bits per heavy atom. The predicted molar refractivity (Wildman–Crippen MR) is 68.9 cm³/mol. The van der Waals surface area contributed by atoms with Crippen LogP contribution >= 0.6 is 0 Å². The van der Waals surface area contributed by atoms with Gasteiger partial charge in [0.2, 0.25) is 5.91 Å². The van der Waals surface area contributed by atoms with E-state index >= 15 is 0 Å². The van der Waals surface area contributed by atoms with Crippen molar-refractivity contribution in [2.45, 2.75) is 44.7 Å². The number of hydrogen-bond acceptors (Lipinski definition) is 3. The monoisotopic (exact) mass is 239 g/mol. The average molecular weight is 239 g/mol. The summed E-state index contributed by atoms with van der Waals surface area (Å²) < 4.78 is 0. The van der Waals surface area contributed by atoms with E-state index in [1.165, 1.54) is 19.3 Å². The summed E-state index contributed by atoms with van der Waals surface area (Å²) in [5.41, 5.74) is 0. The van der Waals surface area contributed by atoms with Crippen molar-refractivity contribution in [3.63, 3.8) is 0 Å². The van der Waals surface area contributed by atoms with Gasteiger partial charge < -0.3 is 10.2 Å². The predicted octanol–water partition coefficient (Wildman–Crippen LogP) is 0.681. The second-order valence-corrected chi connectivity index (χ2v) is 5.37. The number of nitrogens with zero attached hydrogens (tertiary/aromatic N) is 2. The molecule has 2 fully saturated rings. The van der Waals surface area contributed by atoms with Gasteiger partial charge in [0.15, 0.2) is 0 Å². The van der Waals surface area contributed by atoms with Crippen molar-refractivity contribution in [1.82, 2.24) is 15.1 Å². The van der Waals surface area contributed by atoms with Crippen LogP contribution in [0, 0.1) is 0 Å². The zero-order valence-electron chi connectivity index (χ0n) is 11.1. The molecular formula is C13H25N3O. The van der Waals surface area contributed by atoms with Gasteiger partial charge in [-0.1, -0.05) is 6.92 Å². The minimum absolute atomic E-state index is 0.325. The first-order valence-electron chi connectivity index (χ1n) is 6.92. The van der Waals surface area contributed by atoms with Crippen LogP contribution < -0.4 is 5.32 Å². The van der Waals surface area contributed by atoms with Crippen LogP contribution in [0.1, 0.15) is 32.6 Å². The third kappa shape index (κ3) is 2.99. The van der Waals surface area contributed by atoms with Gasteiger partial charge in [0.05, 0.1) is 6.54 Å². The van der Waals surface area contributed by atoms with Gasteiger partial charge in [0, 0.05) is 31.7 Å². The first-order chi connectivity index (χ1) is 8.22. The van der Waals surface area contributed by atoms with E-state index in [0.29, 0.717) is 24.5 Å². The molecule has 1 amide bonds. The highest BCUT2D eigenvalue weighted by molar-refractivity contribution is 5.78. The topological polar surface area (TPSA) is 35.6 Å². The molecule has 4 nitrogen and oxygen atoms in total. The molecule has 98 valence electrons. The summed E-state index contributed by atoms with van der Waals surface area (Å²) >= 11 is 0. The van der Waals surface area contributed by atoms with E-state index in [0.717, 1.165) is 26.1 Å². The lowest BCUT2D eigenvalue weighted by molar-refractivity contribution is -0.136. The number of likely N-dealkylation sites (N-methyl/N-ethyl adjacent to an activating group) is 1. The molecule has 0 radical (unpaired) electrons. The van der Waals surface area contributed by atoms with E-state index in [4.69, 9.17) is 0 Å². The highest BCUT2D eigenvalue weighted by Gasteiger charge is 2.28. The Labute approximate surface area is 104 Å². The lowest BCUT2D eigenvalue weighted by atomic mass is 10.00. The fraction of sp³-hybridized carbons (Fsp3) is 0.923. The second-order valence-electron chi connectivity index (χ2n) is 5.37. The van der Waals surface area contributed by atoms with Crippen LogP contribution in [0.15, 0.2) is 0 Å². The third-order valence-corrected chi connectivity index (χ3v) is 4.19. The zero-order valence-corrected chi connectivity index (χ0v) is 11.1. The van der Waals surface area contributed by atoms with Gasteiger partial charge in [0.25, 0.3) is 0 Å². The van der Waals surface area contributed by atoms with E-state index in [2.05, 4.69) is 29.1 Å². The van der Waals surface area contributed by atoms with Gasteiger partial charge in [0.1, 0.15) is 0 Å². The summed E-state index contributed by atoms with van der Waals surface area (Å²) in [5, 5.41) is 3.25. The Balaban J connectivity index is 1.84. The quantitative estimate of drug-likeness (QED) is 0.784. The highest BCUT2D eigenvalue weighted by atomic mass is 16.2. The van der Waals surface area contributed by atoms with Crippen LogP contribution in [0.2, 0.25) is 0 Å². The van der Waals surface area contributed by atoms with Gasteiger partial charge >= 0.3 is 0 Å². The fourth-order valence-corrected chi connectivity index (χ4v) is 2.77. The summed E-state index contributed by atoms with van der Waals surface area (Å²) in [4.78, 5) is 16.6. The summed E-state index contributed by atoms with van der Waals surface area (Å²) in [6.45, 7) is 5.80. The smallest absolute Gasteiger partial charge is 0.236 e. The molecule has 2 rings (SSSR count). The van der Waals surface area contributed by atoms with E-state index in [-0.39, 0.29) is 0 Å². The number of amides is 1. The van der Waals surface area contributed by atoms with Gasteiger partial charge in [-0.25, -0.2) is 0 Å². The van der Waals surface area contributed by atoms with E-state index in [9.17, 15) is 4.79 Å². The maximum absolute atomic E-state index is 12.3. The van der Waals surface area contributed by atoms with Crippen molar-refractivity contribution >= 4 is 5.91 Å². The molecule has 0 aliphatic carbocycles. The van der Waals surface area contributed by atoms with Crippen molar-refractivity contribution in [2.75, 3.05) is 33.2 Å². The molecule has 1 atom stereocenters. The van der Waals surface area contributed by atoms with Crippen LogP contribution in [-0.4, -0.2) is 61.0 Å². The summed E-state index contributed by atoms with van der Waals surface area (Å²) in [6, 6.07) is 1.05. The fourth-order valence-electron chi connectivity index (χ4n) is 2.77. The molecule has 0 spiro atoms. The van der Waals surface area contributed by atoms with Crippen LogP contribution in [0.25, 0.3) is 0 Å². The second kappa shape index (κ2) is 5.83. The lowest BCUT2D eigenvalue weighted by Crippen LogP contribution is -2.58. The summed E-state index contributed by atoms with van der Waals surface area (Å²) in [7, 11) is 2.06. The maximum Gasteiger partial charge on any atom is 0.236 e. The van der Waals surface area contributed by atoms with Crippen molar-refractivity contribution in [2.24, 2.45) is 0 Å². The lowest BCUT2D eigenvalue weighted by Gasteiger charge is -2.39. The Morgan fingerprint density at radius 3 is 2.76 bits per heavy atom. The summed E-state index contributed by atoms with van der Waals surface area (Å²) in [6.07, 6.45) is 4.75. The van der Waals surface area contributed by atoms with Gasteiger partial charge in [-0.2, -0.15) is 0 Å². The highest BCUT2D eigenvalue weighted by Crippen LogP contribution is 2.19. The number of carbonyl (C=O) groups is 1. The van der Waals surface area contributed by atoms with Crippen molar-refractivity contribution in [1.29, 1.82) is 0 Å². The molecule has 0 aromatic carbocycles. The van der Waals surface area contributed by atoms with Crippen LogP contribution in [0.3, 0.4) is 0 Å². The number of rotatable bonds is 4. The molecule has 2 aliphatic rings. The van der Waals surface area contributed by atoms with Crippen LogP contribution in [0.4, 0.5) is 0 Å². The molecule has 0 aromatic rings. The number of carbonyl (C=O) groups excluding carboxylic acids is 1. The first kappa shape index (κ1) is 12.8. The summed E-state index contributed by atoms with van der Waals surface area (Å²) in [5.74, 6) is 0.325. The van der Waals surface area contributed by atoms with Crippen LogP contribution in [-0.2, 0) is 4.79 Å². The van der Waals surface area contributed by atoms with Gasteiger partial charge in [-0.05, 0) is 32.7 Å².